The lowest BCUT2D eigenvalue weighted by molar-refractivity contribution is -0.121. The van der Waals surface area contributed by atoms with Crippen molar-refractivity contribution in [2.45, 2.75) is 25.4 Å². The van der Waals surface area contributed by atoms with Gasteiger partial charge >= 0.3 is 0 Å². The molecule has 2 rings (SSSR count). The third kappa shape index (κ3) is 5.02. The summed E-state index contributed by atoms with van der Waals surface area (Å²) < 4.78 is 5.42. The summed E-state index contributed by atoms with van der Waals surface area (Å²) in [5.41, 5.74) is 0.416. The number of carbonyl (C=O) groups is 2. The van der Waals surface area contributed by atoms with Gasteiger partial charge in [-0.15, -0.1) is 0 Å². The predicted octanol–water partition coefficient (Wildman–Crippen LogP) is 1.76. The minimum Gasteiger partial charge on any atom is -0.376 e. The molecular weight excluding hydrogens is 292 g/mol. The number of nitrogens with one attached hydrogen (secondary N) is 2. The Morgan fingerprint density at radius 2 is 2.10 bits per heavy atom. The maximum atomic E-state index is 11.9. The van der Waals surface area contributed by atoms with Crippen molar-refractivity contribution < 1.29 is 14.3 Å². The highest BCUT2D eigenvalue weighted by atomic mass is 35.5. The summed E-state index contributed by atoms with van der Waals surface area (Å²) in [6.07, 6.45) is 2.41. The zero-order chi connectivity index (χ0) is 15.1. The summed E-state index contributed by atoms with van der Waals surface area (Å²) in [5, 5.41) is 5.89. The third-order valence-electron chi connectivity index (χ3n) is 3.31. The van der Waals surface area contributed by atoms with Crippen LogP contribution in [0.3, 0.4) is 0 Å². The van der Waals surface area contributed by atoms with Gasteiger partial charge in [-0.1, -0.05) is 23.7 Å². The summed E-state index contributed by atoms with van der Waals surface area (Å²) in [6, 6.07) is 6.81. The molecule has 1 aromatic rings. The molecule has 1 atom stereocenters. The number of benzene rings is 1. The monoisotopic (exact) mass is 310 g/mol. The van der Waals surface area contributed by atoms with Crippen LogP contribution >= 0.6 is 11.6 Å². The molecule has 1 aliphatic rings. The Morgan fingerprint density at radius 3 is 2.81 bits per heavy atom. The standard InChI is InChI=1S/C15H19ClN2O3/c16-13-6-2-1-5-12(13)15(20)17-8-7-14(19)18-10-11-4-3-9-21-11/h1-2,5-6,11H,3-4,7-10H2,(H,17,20)(H,18,19)/t11-/m1/s1. The molecule has 0 bridgehead atoms. The summed E-state index contributed by atoms with van der Waals surface area (Å²) in [4.78, 5) is 23.5. The Morgan fingerprint density at radius 1 is 1.29 bits per heavy atom. The number of hydrogen-bond acceptors (Lipinski definition) is 3. The molecule has 2 amide bonds. The van der Waals surface area contributed by atoms with Crippen LogP contribution in [0.1, 0.15) is 29.6 Å². The number of hydrogen-bond donors (Lipinski definition) is 2. The summed E-state index contributed by atoms with van der Waals surface area (Å²) >= 11 is 5.93. The second kappa shape index (κ2) is 8.00. The molecule has 0 aliphatic carbocycles. The maximum absolute atomic E-state index is 11.9. The van der Waals surface area contributed by atoms with Gasteiger partial charge in [-0.05, 0) is 25.0 Å². The Kier molecular flexibility index (Phi) is 6.02. The average Bonchev–Trinajstić information content (AvgIpc) is 2.99. The molecule has 6 heteroatoms. The zero-order valence-corrected chi connectivity index (χ0v) is 12.5. The van der Waals surface area contributed by atoms with Gasteiger partial charge in [-0.25, -0.2) is 0 Å². The Hall–Kier alpha value is -1.59. The van der Waals surface area contributed by atoms with Gasteiger partial charge in [0, 0.05) is 26.1 Å². The van der Waals surface area contributed by atoms with Crippen LogP contribution in [0.4, 0.5) is 0 Å². The van der Waals surface area contributed by atoms with E-state index in [4.69, 9.17) is 16.3 Å². The Bertz CT molecular complexity index is 501. The van der Waals surface area contributed by atoms with Crippen molar-refractivity contribution in [3.05, 3.63) is 34.9 Å². The minimum atomic E-state index is -0.271. The number of carbonyl (C=O) groups excluding carboxylic acids is 2. The van der Waals surface area contributed by atoms with Crippen LogP contribution in [0, 0.1) is 0 Å². The SMILES string of the molecule is O=C(CCNC(=O)c1ccccc1Cl)NC[C@H]1CCCO1. The molecule has 0 spiro atoms. The molecule has 0 radical (unpaired) electrons. The molecule has 1 aromatic carbocycles. The van der Waals surface area contributed by atoms with Crippen LogP contribution in [0.5, 0.6) is 0 Å². The summed E-state index contributed by atoms with van der Waals surface area (Å²) in [5.74, 6) is -0.363. The highest BCUT2D eigenvalue weighted by molar-refractivity contribution is 6.33. The average molecular weight is 311 g/mol. The van der Waals surface area contributed by atoms with Crippen LogP contribution in [0.15, 0.2) is 24.3 Å². The van der Waals surface area contributed by atoms with E-state index in [1.54, 1.807) is 24.3 Å². The fourth-order valence-electron chi connectivity index (χ4n) is 2.15. The normalized spacial score (nSPS) is 17.5. The quantitative estimate of drug-likeness (QED) is 0.841. The molecule has 1 aliphatic heterocycles. The van der Waals surface area contributed by atoms with E-state index in [-0.39, 0.29) is 30.9 Å². The molecule has 2 N–H and O–H groups in total. The lowest BCUT2D eigenvalue weighted by atomic mass is 10.2. The lowest BCUT2D eigenvalue weighted by Crippen LogP contribution is -2.34. The van der Waals surface area contributed by atoms with Crippen molar-refractivity contribution in [1.29, 1.82) is 0 Å². The molecule has 114 valence electrons. The first-order valence-electron chi connectivity index (χ1n) is 7.08. The van der Waals surface area contributed by atoms with Gasteiger partial charge in [-0.2, -0.15) is 0 Å². The van der Waals surface area contributed by atoms with Crippen molar-refractivity contribution in [2.24, 2.45) is 0 Å². The van der Waals surface area contributed by atoms with Crippen LogP contribution in [0.2, 0.25) is 5.02 Å². The van der Waals surface area contributed by atoms with Crippen molar-refractivity contribution in [3.63, 3.8) is 0 Å². The van der Waals surface area contributed by atoms with Gasteiger partial charge in [-0.3, -0.25) is 9.59 Å². The van der Waals surface area contributed by atoms with Gasteiger partial charge in [0.25, 0.3) is 5.91 Å². The van der Waals surface area contributed by atoms with E-state index >= 15 is 0 Å². The van der Waals surface area contributed by atoms with Gasteiger partial charge in [0.15, 0.2) is 0 Å². The highest BCUT2D eigenvalue weighted by Gasteiger charge is 2.16. The predicted molar refractivity (Wildman–Crippen MR) is 80.4 cm³/mol. The second-order valence-corrected chi connectivity index (χ2v) is 5.33. The van der Waals surface area contributed by atoms with Gasteiger partial charge in [0.1, 0.15) is 0 Å². The van der Waals surface area contributed by atoms with E-state index in [1.807, 2.05) is 0 Å². The highest BCUT2D eigenvalue weighted by Crippen LogP contribution is 2.14. The fraction of sp³-hybridized carbons (Fsp3) is 0.467. The van der Waals surface area contributed by atoms with Crippen LogP contribution < -0.4 is 10.6 Å². The zero-order valence-electron chi connectivity index (χ0n) is 11.7. The third-order valence-corrected chi connectivity index (χ3v) is 3.64. The topological polar surface area (TPSA) is 67.4 Å². The van der Waals surface area contributed by atoms with E-state index in [1.165, 1.54) is 0 Å². The Labute approximate surface area is 129 Å². The van der Waals surface area contributed by atoms with Crippen LogP contribution in [0.25, 0.3) is 0 Å². The van der Waals surface area contributed by atoms with Crippen molar-refractivity contribution >= 4 is 23.4 Å². The van der Waals surface area contributed by atoms with Gasteiger partial charge < -0.3 is 15.4 Å². The number of amides is 2. The van der Waals surface area contributed by atoms with Crippen LogP contribution in [-0.2, 0) is 9.53 Å². The molecular formula is C15H19ClN2O3. The molecule has 0 unspecified atom stereocenters. The first kappa shape index (κ1) is 15.8. The smallest absolute Gasteiger partial charge is 0.252 e. The van der Waals surface area contributed by atoms with Crippen molar-refractivity contribution in [1.82, 2.24) is 10.6 Å². The van der Waals surface area contributed by atoms with Gasteiger partial charge in [0.2, 0.25) is 5.91 Å². The molecule has 0 saturated carbocycles. The molecule has 1 saturated heterocycles. The van der Waals surface area contributed by atoms with E-state index in [9.17, 15) is 9.59 Å². The number of halogens is 1. The molecule has 1 fully saturated rings. The summed E-state index contributed by atoms with van der Waals surface area (Å²) in [7, 11) is 0. The fourth-order valence-corrected chi connectivity index (χ4v) is 2.37. The molecule has 5 nitrogen and oxygen atoms in total. The maximum Gasteiger partial charge on any atom is 0.252 e. The van der Waals surface area contributed by atoms with Crippen molar-refractivity contribution in [3.8, 4) is 0 Å². The second-order valence-electron chi connectivity index (χ2n) is 4.92. The summed E-state index contributed by atoms with van der Waals surface area (Å²) in [6.45, 7) is 1.59. The minimum absolute atomic E-state index is 0.0926. The largest absolute Gasteiger partial charge is 0.376 e. The molecule has 1 heterocycles. The first-order valence-corrected chi connectivity index (χ1v) is 7.45. The Balaban J connectivity index is 1.65. The van der Waals surface area contributed by atoms with Crippen LogP contribution in [-0.4, -0.2) is 37.6 Å². The van der Waals surface area contributed by atoms with E-state index in [2.05, 4.69) is 10.6 Å². The molecule has 21 heavy (non-hydrogen) atoms. The first-order chi connectivity index (χ1) is 10.2. The van der Waals surface area contributed by atoms with E-state index in [0.717, 1.165) is 19.4 Å². The lowest BCUT2D eigenvalue weighted by Gasteiger charge is -2.11. The molecule has 0 aromatic heterocycles. The number of rotatable bonds is 6. The van der Waals surface area contributed by atoms with Gasteiger partial charge in [0.05, 0.1) is 16.7 Å². The van der Waals surface area contributed by atoms with E-state index < -0.39 is 0 Å². The van der Waals surface area contributed by atoms with E-state index in [0.29, 0.717) is 17.1 Å². The number of ether oxygens (including phenoxy) is 1. The van der Waals surface area contributed by atoms with Crippen molar-refractivity contribution in [2.75, 3.05) is 19.7 Å².